The van der Waals surface area contributed by atoms with Crippen molar-refractivity contribution in [1.29, 1.82) is 0 Å². The summed E-state index contributed by atoms with van der Waals surface area (Å²) in [5, 5.41) is 32.2. The number of carbonyl (C=O) groups is 3. The summed E-state index contributed by atoms with van der Waals surface area (Å²) in [6, 6.07) is 65.5. The van der Waals surface area contributed by atoms with Gasteiger partial charge in [-0.05, 0) is 170 Å². The van der Waals surface area contributed by atoms with E-state index >= 15 is 0 Å². The predicted octanol–water partition coefficient (Wildman–Crippen LogP) is 30.9. The largest absolute Gasteiger partial charge is 0.507 e. The minimum Gasteiger partial charge on any atom is -0.507 e. The summed E-state index contributed by atoms with van der Waals surface area (Å²) in [6.07, 6.45) is 31.2. The highest BCUT2D eigenvalue weighted by Gasteiger charge is 2.29. The molecule has 0 saturated carbocycles. The lowest BCUT2D eigenvalue weighted by molar-refractivity contribution is 0.0354. The van der Waals surface area contributed by atoms with Crippen molar-refractivity contribution in [2.24, 2.45) is 52.3 Å². The van der Waals surface area contributed by atoms with Crippen molar-refractivity contribution in [1.82, 2.24) is 44.9 Å². The minimum absolute atomic E-state index is 0.00221. The van der Waals surface area contributed by atoms with Crippen LogP contribution in [0.2, 0.25) is 0 Å². The Labute approximate surface area is 845 Å². The zero-order valence-electron chi connectivity index (χ0n) is 87.4. The first kappa shape index (κ1) is 111. The SMILES string of the molecule is CCC(C)CCCCCC(CCCC(C)CC)COC(=O)c1ccc(-c2nc(-c3ccccc3)nc(-c3ccc(OC)cc3O)n2)cc1.CCCCCCCCC(CCCCCC)COC(=O)c1ccc(-c2nc(-c3ccccc3)nc(-c3ccc(OC)cc3O)n2)cc1.COc1ccc(-c2nc(-c3ccccc3)nc(-c3ccc(C(=O)OCC(CCC(C)CC(C)(C)C)C(C)CC(C)(C)C)cc3)n2)c(O)c1. The average Bonchev–Trinajstić information content (AvgIpc) is 0.798. The van der Waals surface area contributed by atoms with E-state index in [0.717, 1.165) is 84.6 Å². The Hall–Kier alpha value is -12.8. The van der Waals surface area contributed by atoms with Crippen LogP contribution >= 0.6 is 0 Å². The number of aromatic nitrogens is 9. The summed E-state index contributed by atoms with van der Waals surface area (Å²) in [7, 11) is 4.64. The van der Waals surface area contributed by atoms with Crippen LogP contribution in [0.3, 0.4) is 0 Å². The van der Waals surface area contributed by atoms with E-state index in [1.165, 1.54) is 140 Å². The first-order valence-corrected chi connectivity index (χ1v) is 51.8. The molecule has 0 saturated heterocycles. The lowest BCUT2D eigenvalue weighted by Gasteiger charge is -2.31. The summed E-state index contributed by atoms with van der Waals surface area (Å²) >= 11 is 0. The van der Waals surface area contributed by atoms with Gasteiger partial charge in [0.05, 0.1) is 74.5 Å². The highest BCUT2D eigenvalue weighted by Crippen LogP contribution is 2.40. The Morgan fingerprint density at radius 2 is 0.563 bits per heavy atom. The highest BCUT2D eigenvalue weighted by molar-refractivity contribution is 5.91. The molecule has 21 heteroatoms. The second-order valence-corrected chi connectivity index (χ2v) is 40.9. The molecule has 12 aromatic rings. The first-order chi connectivity index (χ1) is 68.4. The molecule has 3 N–H and O–H groups in total. The van der Waals surface area contributed by atoms with Gasteiger partial charge in [-0.15, -0.1) is 0 Å². The fourth-order valence-electron chi connectivity index (χ4n) is 17.9. The Balaban J connectivity index is 0.000000219. The normalized spacial score (nSPS) is 12.9. The number of methoxy groups -OCH3 is 3. The van der Waals surface area contributed by atoms with Gasteiger partial charge in [0.15, 0.2) is 52.4 Å². The molecule has 3 aromatic heterocycles. The summed E-state index contributed by atoms with van der Waals surface area (Å²) < 4.78 is 33.5. The zero-order chi connectivity index (χ0) is 102. The molecule has 756 valence electrons. The fraction of sp³-hybridized carbons (Fsp3) is 0.455. The summed E-state index contributed by atoms with van der Waals surface area (Å²) in [5.41, 5.74) is 7.99. The molecule has 0 bridgehead atoms. The number of carbonyl (C=O) groups excluding carboxylic acids is 3. The Morgan fingerprint density at radius 1 is 0.289 bits per heavy atom. The van der Waals surface area contributed by atoms with Crippen LogP contribution in [-0.2, 0) is 14.2 Å². The van der Waals surface area contributed by atoms with Gasteiger partial charge in [-0.3, -0.25) is 0 Å². The summed E-state index contributed by atoms with van der Waals surface area (Å²) in [5.74, 6) is 8.05. The number of hydrogen-bond acceptors (Lipinski definition) is 21. The van der Waals surface area contributed by atoms with Crippen LogP contribution in [0.4, 0.5) is 0 Å². The van der Waals surface area contributed by atoms with E-state index in [2.05, 4.69) is 112 Å². The zero-order valence-corrected chi connectivity index (χ0v) is 87.4. The van der Waals surface area contributed by atoms with Crippen molar-refractivity contribution in [2.45, 2.75) is 264 Å². The molecule has 0 aliphatic carbocycles. The van der Waals surface area contributed by atoms with Crippen molar-refractivity contribution in [3.8, 4) is 137 Å². The molecule has 21 nitrogen and oxygen atoms in total. The molecular formula is C121H155N9O12. The lowest BCUT2D eigenvalue weighted by Crippen LogP contribution is -2.25. The molecule has 142 heavy (non-hydrogen) atoms. The first-order valence-electron chi connectivity index (χ1n) is 51.8. The van der Waals surface area contributed by atoms with E-state index in [4.69, 9.17) is 58.3 Å². The number of phenols is 3. The molecule has 0 aliphatic heterocycles. The number of phenolic OH excluding ortho intramolecular Hbond substituents is 3. The third-order valence-corrected chi connectivity index (χ3v) is 26.5. The molecule has 0 fully saturated rings. The van der Waals surface area contributed by atoms with Gasteiger partial charge in [0, 0.05) is 51.6 Å². The van der Waals surface area contributed by atoms with E-state index in [1.54, 1.807) is 94.1 Å². The molecule has 7 atom stereocenters. The van der Waals surface area contributed by atoms with E-state index in [1.807, 2.05) is 127 Å². The second kappa shape index (κ2) is 57.4. The van der Waals surface area contributed by atoms with Crippen LogP contribution in [0.25, 0.3) is 102 Å². The van der Waals surface area contributed by atoms with Crippen LogP contribution in [-0.4, -0.2) is 119 Å². The number of rotatable bonds is 51. The third kappa shape index (κ3) is 36.3. The average molecular weight is 1930 g/mol. The monoisotopic (exact) mass is 1930 g/mol. The van der Waals surface area contributed by atoms with Crippen molar-refractivity contribution in [2.75, 3.05) is 41.2 Å². The number of aromatic hydroxyl groups is 3. The van der Waals surface area contributed by atoms with Crippen molar-refractivity contribution < 1.29 is 58.1 Å². The van der Waals surface area contributed by atoms with Crippen molar-refractivity contribution in [3.63, 3.8) is 0 Å². The summed E-state index contributed by atoms with van der Waals surface area (Å²) in [4.78, 5) is 82.0. The molecule has 3 heterocycles. The molecule has 0 aliphatic rings. The van der Waals surface area contributed by atoms with E-state index in [-0.39, 0.29) is 40.6 Å². The topological polar surface area (TPSA) is 283 Å². The predicted molar refractivity (Wildman–Crippen MR) is 573 cm³/mol. The maximum absolute atomic E-state index is 13.3. The highest BCUT2D eigenvalue weighted by atomic mass is 16.5. The molecule has 0 amide bonds. The molecule has 7 unspecified atom stereocenters. The molecule has 12 rings (SSSR count). The number of esters is 3. The van der Waals surface area contributed by atoms with Crippen molar-refractivity contribution >= 4 is 17.9 Å². The van der Waals surface area contributed by atoms with Crippen LogP contribution in [0.15, 0.2) is 218 Å². The van der Waals surface area contributed by atoms with Gasteiger partial charge in [0.2, 0.25) is 0 Å². The van der Waals surface area contributed by atoms with Gasteiger partial charge in [0.25, 0.3) is 0 Å². The van der Waals surface area contributed by atoms with Crippen molar-refractivity contribution in [3.05, 3.63) is 235 Å². The van der Waals surface area contributed by atoms with Gasteiger partial charge in [-0.1, -0.05) is 346 Å². The fourth-order valence-corrected chi connectivity index (χ4v) is 17.9. The Kier molecular flexibility index (Phi) is 44.9. The molecule has 0 spiro atoms. The summed E-state index contributed by atoms with van der Waals surface area (Å²) in [6.45, 7) is 33.3. The number of benzene rings is 9. The van der Waals surface area contributed by atoms with Crippen LogP contribution in [0, 0.1) is 52.3 Å². The Bertz CT molecular complexity index is 5820. The molecular weight excluding hydrogens is 1770 g/mol. The van der Waals surface area contributed by atoms with Gasteiger partial charge < -0.3 is 43.7 Å². The number of unbranched alkanes of at least 4 members (excludes halogenated alkanes) is 10. The standard InChI is InChI=1S/2C41H53N3O4.C39H49N3O4/c1-27(24-40(3,4)5)15-16-32(28(2)25-41(6,7)8)26-48-39(46)31-19-17-30(18-20-31)37-42-36(29-13-11-10-12-14-29)43-38(44-37)34-22-21-33(47-9)23-35(34)45;1-6-29(3)15-10-8-11-17-31(18-14-16-30(4)7-2)28-48-41(46)34-23-21-33(22-24-34)39-42-38(32-19-12-9-13-20-32)43-40(44-39)36-26-25-35(47-5)27-37(36)45;1-4-6-8-10-11-14-18-29(17-13-9-7-5-2)28-46-39(44)32-23-21-31(22-24-32)37-40-36(30-19-15-12-16-20-30)41-38(42-37)34-26-25-33(45-3)27-35(34)43/h10-14,17-23,27-28,32,45H,15-16,24-26H2,1-9H3;9,12-13,19-27,29-31,45H,6-8,10-11,14-18,28H2,1-5H3;12,15-16,19-27,29,43H,4-11,13-14,17-18,28H2,1-3H3. The van der Waals surface area contributed by atoms with Gasteiger partial charge >= 0.3 is 17.9 Å². The molecule has 9 aromatic carbocycles. The number of ether oxygens (including phenoxy) is 6. The van der Waals surface area contributed by atoms with Crippen LogP contribution in [0.5, 0.6) is 34.5 Å². The van der Waals surface area contributed by atoms with Crippen LogP contribution < -0.4 is 14.2 Å². The number of hydrogen-bond donors (Lipinski definition) is 3. The number of nitrogens with zero attached hydrogens (tertiary/aromatic N) is 9. The second-order valence-electron chi connectivity index (χ2n) is 40.9. The quantitative estimate of drug-likeness (QED) is 0.0181. The smallest absolute Gasteiger partial charge is 0.338 e. The van der Waals surface area contributed by atoms with E-state index in [9.17, 15) is 29.7 Å². The molecule has 0 radical (unpaired) electrons. The van der Waals surface area contributed by atoms with Gasteiger partial charge in [-0.25, -0.2) is 59.2 Å². The minimum atomic E-state index is -0.332. The van der Waals surface area contributed by atoms with Crippen LogP contribution in [0.1, 0.15) is 295 Å². The van der Waals surface area contributed by atoms with Gasteiger partial charge in [0.1, 0.15) is 34.5 Å². The third-order valence-electron chi connectivity index (χ3n) is 26.5. The maximum atomic E-state index is 13.3. The van der Waals surface area contributed by atoms with Gasteiger partial charge in [-0.2, -0.15) is 0 Å². The van der Waals surface area contributed by atoms with E-state index < -0.39 is 0 Å². The Morgan fingerprint density at radius 3 is 0.873 bits per heavy atom. The lowest BCUT2D eigenvalue weighted by atomic mass is 9.76. The van der Waals surface area contributed by atoms with E-state index in [0.29, 0.717) is 163 Å². The maximum Gasteiger partial charge on any atom is 0.338 e.